The molecule has 0 aliphatic carbocycles. The van der Waals surface area contributed by atoms with Crippen LogP contribution in [0.4, 0.5) is 0 Å². The SMILES string of the molecule is [CH2]Oc1cc(C)nc(C)n1. The van der Waals surface area contributed by atoms with Crippen molar-refractivity contribution in [3.63, 3.8) is 0 Å². The molecule has 0 spiro atoms. The first-order valence-corrected chi connectivity index (χ1v) is 2.96. The van der Waals surface area contributed by atoms with Gasteiger partial charge in [-0.15, -0.1) is 0 Å². The quantitative estimate of drug-likeness (QED) is 0.584. The van der Waals surface area contributed by atoms with Crippen molar-refractivity contribution in [3.8, 4) is 5.88 Å². The first-order valence-electron chi connectivity index (χ1n) is 2.96. The lowest BCUT2D eigenvalue weighted by molar-refractivity contribution is 0.449. The predicted octanol–water partition coefficient (Wildman–Crippen LogP) is 1.26. The van der Waals surface area contributed by atoms with E-state index in [-0.39, 0.29) is 0 Å². The standard InChI is InChI=1S/C7H9N2O/c1-5-4-7(10-3)9-6(2)8-5/h4H,3H2,1-2H3. The summed E-state index contributed by atoms with van der Waals surface area (Å²) in [4.78, 5) is 8.02. The van der Waals surface area contributed by atoms with E-state index in [1.807, 2.05) is 13.8 Å². The van der Waals surface area contributed by atoms with E-state index in [4.69, 9.17) is 0 Å². The molecule has 0 aromatic carbocycles. The van der Waals surface area contributed by atoms with E-state index in [9.17, 15) is 0 Å². The smallest absolute Gasteiger partial charge is 0.216 e. The lowest BCUT2D eigenvalue weighted by Crippen LogP contribution is -1.93. The van der Waals surface area contributed by atoms with Crippen LogP contribution in [0.3, 0.4) is 0 Å². The normalized spacial score (nSPS) is 9.50. The molecule has 1 rings (SSSR count). The van der Waals surface area contributed by atoms with Crippen LogP contribution >= 0.6 is 0 Å². The summed E-state index contributed by atoms with van der Waals surface area (Å²) in [6, 6.07) is 1.74. The Morgan fingerprint density at radius 1 is 1.40 bits per heavy atom. The number of aryl methyl sites for hydroxylation is 2. The van der Waals surface area contributed by atoms with Gasteiger partial charge in [0.15, 0.2) is 0 Å². The molecule has 1 radical (unpaired) electrons. The molecule has 0 bridgehead atoms. The molecule has 1 aromatic rings. The lowest BCUT2D eigenvalue weighted by atomic mass is 10.4. The fourth-order valence-corrected chi connectivity index (χ4v) is 0.757. The van der Waals surface area contributed by atoms with E-state index >= 15 is 0 Å². The average Bonchev–Trinajstić information content (AvgIpc) is 1.85. The maximum absolute atomic E-state index is 4.67. The highest BCUT2D eigenvalue weighted by atomic mass is 16.5. The molecule has 0 amide bonds. The van der Waals surface area contributed by atoms with Crippen LogP contribution in [0, 0.1) is 21.0 Å². The molecule has 0 aliphatic rings. The van der Waals surface area contributed by atoms with Crippen LogP contribution in [0.15, 0.2) is 6.07 Å². The Balaban J connectivity index is 3.06. The summed E-state index contributed by atoms with van der Waals surface area (Å²) >= 11 is 0. The molecule has 1 heterocycles. The number of nitrogens with zero attached hydrogens (tertiary/aromatic N) is 2. The Morgan fingerprint density at radius 3 is 2.60 bits per heavy atom. The molecule has 3 nitrogen and oxygen atoms in total. The summed E-state index contributed by atoms with van der Waals surface area (Å²) in [5.41, 5.74) is 0.895. The molecule has 0 saturated heterocycles. The molecule has 0 aliphatic heterocycles. The first-order chi connectivity index (χ1) is 4.72. The summed E-state index contributed by atoms with van der Waals surface area (Å²) in [7, 11) is 3.25. The largest absolute Gasteiger partial charge is 0.474 e. The van der Waals surface area contributed by atoms with Crippen LogP contribution < -0.4 is 4.74 Å². The summed E-state index contributed by atoms with van der Waals surface area (Å²) in [6.45, 7) is 3.70. The van der Waals surface area contributed by atoms with E-state index in [0.717, 1.165) is 5.69 Å². The zero-order valence-corrected chi connectivity index (χ0v) is 6.09. The van der Waals surface area contributed by atoms with E-state index in [1.165, 1.54) is 0 Å². The third-order valence-electron chi connectivity index (χ3n) is 1.09. The number of hydrogen-bond acceptors (Lipinski definition) is 3. The van der Waals surface area contributed by atoms with E-state index in [1.54, 1.807) is 6.07 Å². The molecular weight excluding hydrogens is 128 g/mol. The summed E-state index contributed by atoms with van der Waals surface area (Å²) < 4.78 is 4.67. The monoisotopic (exact) mass is 137 g/mol. The maximum atomic E-state index is 4.67. The fraction of sp³-hybridized carbons (Fsp3) is 0.286. The van der Waals surface area contributed by atoms with Crippen LogP contribution in [-0.2, 0) is 0 Å². The van der Waals surface area contributed by atoms with Crippen molar-refractivity contribution < 1.29 is 4.74 Å². The van der Waals surface area contributed by atoms with Gasteiger partial charge >= 0.3 is 0 Å². The zero-order chi connectivity index (χ0) is 7.56. The van der Waals surface area contributed by atoms with Gasteiger partial charge in [-0.2, -0.15) is 4.98 Å². The van der Waals surface area contributed by atoms with Crippen LogP contribution in [0.2, 0.25) is 0 Å². The molecule has 0 N–H and O–H groups in total. The Kier molecular flexibility index (Phi) is 1.85. The number of hydrogen-bond donors (Lipinski definition) is 0. The Morgan fingerprint density at radius 2 is 2.10 bits per heavy atom. The van der Waals surface area contributed by atoms with Gasteiger partial charge < -0.3 is 4.74 Å². The second-order valence-corrected chi connectivity index (χ2v) is 2.04. The molecule has 0 fully saturated rings. The van der Waals surface area contributed by atoms with Crippen molar-refractivity contribution in [3.05, 3.63) is 24.7 Å². The van der Waals surface area contributed by atoms with Gasteiger partial charge in [-0.05, 0) is 13.8 Å². The van der Waals surface area contributed by atoms with Gasteiger partial charge in [-0.25, -0.2) is 4.98 Å². The van der Waals surface area contributed by atoms with Gasteiger partial charge in [0.05, 0.1) is 0 Å². The van der Waals surface area contributed by atoms with Crippen LogP contribution in [0.25, 0.3) is 0 Å². The van der Waals surface area contributed by atoms with Gasteiger partial charge in [0.1, 0.15) is 12.9 Å². The second-order valence-electron chi connectivity index (χ2n) is 2.04. The zero-order valence-electron chi connectivity index (χ0n) is 6.09. The highest BCUT2D eigenvalue weighted by Crippen LogP contribution is 2.06. The molecule has 0 unspecified atom stereocenters. The van der Waals surface area contributed by atoms with Crippen LogP contribution in [-0.4, -0.2) is 9.97 Å². The minimum Gasteiger partial charge on any atom is -0.474 e. The summed E-state index contributed by atoms with van der Waals surface area (Å²) in [6.07, 6.45) is 0. The van der Waals surface area contributed by atoms with Crippen molar-refractivity contribution >= 4 is 0 Å². The van der Waals surface area contributed by atoms with Gasteiger partial charge in [0, 0.05) is 11.8 Å². The highest BCUT2D eigenvalue weighted by molar-refractivity contribution is 5.14. The minimum atomic E-state index is 0.519. The Hall–Kier alpha value is -1.12. The summed E-state index contributed by atoms with van der Waals surface area (Å²) in [5, 5.41) is 0. The van der Waals surface area contributed by atoms with Crippen molar-refractivity contribution in [2.75, 3.05) is 0 Å². The van der Waals surface area contributed by atoms with E-state index in [0.29, 0.717) is 11.7 Å². The summed E-state index contributed by atoms with van der Waals surface area (Å²) in [5.74, 6) is 1.23. The lowest BCUT2D eigenvalue weighted by Gasteiger charge is -1.99. The first kappa shape index (κ1) is 6.99. The van der Waals surface area contributed by atoms with Crippen molar-refractivity contribution in [1.29, 1.82) is 0 Å². The van der Waals surface area contributed by atoms with Gasteiger partial charge in [-0.1, -0.05) is 0 Å². The van der Waals surface area contributed by atoms with Crippen molar-refractivity contribution in [1.82, 2.24) is 9.97 Å². The fourth-order valence-electron chi connectivity index (χ4n) is 0.757. The van der Waals surface area contributed by atoms with Crippen molar-refractivity contribution in [2.45, 2.75) is 13.8 Å². The van der Waals surface area contributed by atoms with E-state index < -0.39 is 0 Å². The molecule has 1 aromatic heterocycles. The molecule has 0 saturated carbocycles. The van der Waals surface area contributed by atoms with Gasteiger partial charge in [-0.3, -0.25) is 0 Å². The second kappa shape index (κ2) is 2.64. The molecule has 53 valence electrons. The number of aromatic nitrogens is 2. The molecular formula is C7H9N2O. The number of rotatable bonds is 1. The average molecular weight is 137 g/mol. The third kappa shape index (κ3) is 1.43. The molecule has 0 atom stereocenters. The number of ether oxygens (including phenoxy) is 1. The van der Waals surface area contributed by atoms with Crippen LogP contribution in [0.5, 0.6) is 5.88 Å². The predicted molar refractivity (Wildman–Crippen MR) is 37.5 cm³/mol. The maximum Gasteiger partial charge on any atom is 0.216 e. The third-order valence-corrected chi connectivity index (χ3v) is 1.09. The van der Waals surface area contributed by atoms with Gasteiger partial charge in [0.25, 0.3) is 0 Å². The Bertz CT molecular complexity index is 215. The Labute approximate surface area is 60.1 Å². The highest BCUT2D eigenvalue weighted by Gasteiger charge is 1.95. The molecule has 10 heavy (non-hydrogen) atoms. The molecule has 3 heteroatoms. The minimum absolute atomic E-state index is 0.519. The van der Waals surface area contributed by atoms with Crippen LogP contribution in [0.1, 0.15) is 11.5 Å². The van der Waals surface area contributed by atoms with Crippen molar-refractivity contribution in [2.24, 2.45) is 0 Å². The van der Waals surface area contributed by atoms with Gasteiger partial charge in [0.2, 0.25) is 5.88 Å². The topological polar surface area (TPSA) is 35.0 Å². The van der Waals surface area contributed by atoms with E-state index in [2.05, 4.69) is 21.8 Å².